The van der Waals surface area contributed by atoms with Crippen molar-refractivity contribution in [2.45, 2.75) is 209 Å². The molecular formula is C49H80O20. The monoisotopic (exact) mass is 989 g/mol. The van der Waals surface area contributed by atoms with Crippen molar-refractivity contribution in [3.05, 3.63) is 0 Å². The molecule has 9 fully saturated rings. The largest absolute Gasteiger partial charge is 0.394 e. The van der Waals surface area contributed by atoms with E-state index < -0.39 is 141 Å². The van der Waals surface area contributed by atoms with Crippen LogP contribution in [0, 0.1) is 56.7 Å². The highest BCUT2D eigenvalue weighted by atomic mass is 16.8. The lowest BCUT2D eigenvalue weighted by Crippen LogP contribution is -2.65. The second kappa shape index (κ2) is 18.6. The van der Waals surface area contributed by atoms with Gasteiger partial charge in [0.05, 0.1) is 38.6 Å². The summed E-state index contributed by atoms with van der Waals surface area (Å²) in [4.78, 5) is 13.8. The number of ether oxygens (including phenoxy) is 8. The molecule has 0 amide bonds. The highest BCUT2D eigenvalue weighted by molar-refractivity contribution is 5.81. The number of Topliss-reactive ketones (excluding diaryl/α,β-unsaturated/α-hetero) is 1. The number of aliphatic hydroxyl groups excluding tert-OH is 11. The molecule has 0 aromatic rings. The summed E-state index contributed by atoms with van der Waals surface area (Å²) in [6.45, 7) is 11.2. The summed E-state index contributed by atoms with van der Waals surface area (Å²) in [6, 6.07) is 0. The van der Waals surface area contributed by atoms with Crippen LogP contribution in [-0.4, -0.2) is 206 Å². The Labute approximate surface area is 403 Å². The number of methoxy groups -OCH3 is 1. The second-order valence-electron chi connectivity index (χ2n) is 23.8. The van der Waals surface area contributed by atoms with Crippen molar-refractivity contribution in [3.63, 3.8) is 0 Å². The van der Waals surface area contributed by atoms with E-state index in [2.05, 4.69) is 34.6 Å². The lowest BCUT2D eigenvalue weighted by Gasteiger charge is -2.63. The summed E-state index contributed by atoms with van der Waals surface area (Å²) in [7, 11) is 1.72. The van der Waals surface area contributed by atoms with Gasteiger partial charge in [0.15, 0.2) is 24.7 Å². The van der Waals surface area contributed by atoms with Crippen LogP contribution in [0.15, 0.2) is 0 Å². The van der Waals surface area contributed by atoms with Crippen LogP contribution in [0.4, 0.5) is 0 Å². The maximum atomic E-state index is 13.8. The fourth-order valence-electron chi connectivity index (χ4n) is 16.6. The lowest BCUT2D eigenvalue weighted by atomic mass is 9.41. The molecule has 69 heavy (non-hydrogen) atoms. The Balaban J connectivity index is 0.877. The molecule has 0 aromatic carbocycles. The van der Waals surface area contributed by atoms with Crippen LogP contribution in [0.1, 0.15) is 99.3 Å². The smallest absolute Gasteiger partial charge is 0.187 e. The van der Waals surface area contributed by atoms with Crippen molar-refractivity contribution in [2.24, 2.45) is 56.7 Å². The first-order chi connectivity index (χ1) is 32.5. The van der Waals surface area contributed by atoms with E-state index >= 15 is 0 Å². The van der Waals surface area contributed by atoms with Crippen LogP contribution in [-0.2, 0) is 42.7 Å². The van der Waals surface area contributed by atoms with E-state index in [0.29, 0.717) is 18.8 Å². The molecule has 20 nitrogen and oxygen atoms in total. The lowest BCUT2D eigenvalue weighted by molar-refractivity contribution is -0.377. The number of hydrogen-bond donors (Lipinski definition) is 11. The first-order valence-corrected chi connectivity index (χ1v) is 25.4. The van der Waals surface area contributed by atoms with E-state index in [-0.39, 0.29) is 58.2 Å². The number of ketones is 1. The van der Waals surface area contributed by atoms with Gasteiger partial charge in [0.2, 0.25) is 0 Å². The van der Waals surface area contributed by atoms with Crippen molar-refractivity contribution < 1.29 is 98.9 Å². The molecule has 9 rings (SSSR count). The standard InChI is InChI=1S/C49H80O20/c1-21(18-63-41-37(60)34(57)31(54)25(15-50)64-41)23(53)14-24-22(2)40-45(5)12-13-48-20-47(48)11-10-30(44(3,4)28(47)8-9-29(48)46(45,6)19-49(40,62-7)69-24)67-43-39(36(59)33(56)27(17-52)66-43)68-42-38(61)35(58)32(55)26(16-51)65-42/h21-22,24-43,50-52,54-61H,8-20H2,1-7H3/t21-,22+,24+,25-,26-,27-,28+,29-,30+,31-,32-,33-,34+,35+,36+,37-,38-,39-,40+,41-,42+,43+,45+,46+,47-,48+,49+/m0/s1. The van der Waals surface area contributed by atoms with Gasteiger partial charge >= 0.3 is 0 Å². The molecule has 396 valence electrons. The van der Waals surface area contributed by atoms with E-state index in [0.717, 1.165) is 38.5 Å². The van der Waals surface area contributed by atoms with Gasteiger partial charge in [0.25, 0.3) is 0 Å². The molecule has 4 heterocycles. The average molecular weight is 989 g/mol. The molecule has 9 aliphatic rings. The molecule has 4 saturated heterocycles. The van der Waals surface area contributed by atoms with Gasteiger partial charge < -0.3 is 94.1 Å². The second-order valence-corrected chi connectivity index (χ2v) is 23.8. The fraction of sp³-hybridized carbons (Fsp3) is 0.980. The first-order valence-electron chi connectivity index (χ1n) is 25.4. The average Bonchev–Trinajstić information content (AvgIpc) is 3.84. The van der Waals surface area contributed by atoms with Crippen molar-refractivity contribution in [2.75, 3.05) is 33.5 Å². The predicted octanol–water partition coefficient (Wildman–Crippen LogP) is -1.17. The molecule has 11 N–H and O–H groups in total. The van der Waals surface area contributed by atoms with Crippen molar-refractivity contribution in [1.82, 2.24) is 0 Å². The summed E-state index contributed by atoms with van der Waals surface area (Å²) >= 11 is 0. The van der Waals surface area contributed by atoms with Crippen LogP contribution in [0.5, 0.6) is 0 Å². The third-order valence-corrected chi connectivity index (χ3v) is 20.5. The Morgan fingerprint density at radius 1 is 0.623 bits per heavy atom. The SMILES string of the molecule is CO[C@@]12C[C@]3(C)[C@@H]4CC[C@@H]5C(C)(C)[C@H](O[C@H]6O[C@@H](CO)[C@H](O)[C@@H](O)[C@@H]6O[C@H]6O[C@@H](CO)[C@H](O)[C@@H](O)[C@@H]6O)CC[C@]56C[C@]46CC[C@]3(C)[C@H]1[C@H](C)[C@@H](CC(=O)[C@@H](C)CO[C@H]1O[C@@H](CO)[C@H](O)[C@@H](O)[C@@H]1O)O2. The molecule has 0 bridgehead atoms. The first kappa shape index (κ1) is 52.8. The number of fused-ring (bicyclic) bond motifs is 4. The minimum Gasteiger partial charge on any atom is -0.394 e. The van der Waals surface area contributed by atoms with Crippen LogP contribution in [0.3, 0.4) is 0 Å². The zero-order valence-corrected chi connectivity index (χ0v) is 41.0. The van der Waals surface area contributed by atoms with Gasteiger partial charge in [-0.05, 0) is 89.8 Å². The molecule has 27 atom stereocenters. The number of aliphatic hydroxyl groups is 11. The number of carbonyl (C=O) groups excluding carboxylic acids is 1. The van der Waals surface area contributed by atoms with Crippen LogP contribution < -0.4 is 0 Å². The van der Waals surface area contributed by atoms with Gasteiger partial charge in [-0.2, -0.15) is 0 Å². The van der Waals surface area contributed by atoms with Crippen LogP contribution >= 0.6 is 0 Å². The summed E-state index contributed by atoms with van der Waals surface area (Å²) < 4.78 is 49.3. The maximum absolute atomic E-state index is 13.8. The van der Waals surface area contributed by atoms with Crippen LogP contribution in [0.2, 0.25) is 0 Å². The molecule has 0 aromatic heterocycles. The minimum atomic E-state index is -1.77. The molecule has 0 radical (unpaired) electrons. The highest BCUT2D eigenvalue weighted by Crippen LogP contribution is 2.90. The molecule has 20 heteroatoms. The molecule has 5 saturated carbocycles. The van der Waals surface area contributed by atoms with Crippen molar-refractivity contribution >= 4 is 5.78 Å². The van der Waals surface area contributed by atoms with Gasteiger partial charge in [0.1, 0.15) is 79.0 Å². The van der Waals surface area contributed by atoms with E-state index in [1.807, 2.05) is 0 Å². The number of carbonyl (C=O) groups is 1. The Kier molecular flexibility index (Phi) is 14.2. The zero-order chi connectivity index (χ0) is 50.1. The third kappa shape index (κ3) is 7.82. The van der Waals surface area contributed by atoms with Crippen molar-refractivity contribution in [3.8, 4) is 0 Å². The Bertz CT molecular complexity index is 1860. The fourth-order valence-corrected chi connectivity index (χ4v) is 16.6. The third-order valence-electron chi connectivity index (χ3n) is 20.5. The van der Waals surface area contributed by atoms with Gasteiger partial charge in [-0.25, -0.2) is 0 Å². The van der Waals surface area contributed by atoms with Gasteiger partial charge in [-0.15, -0.1) is 0 Å². The van der Waals surface area contributed by atoms with Gasteiger partial charge in [-0.1, -0.05) is 41.5 Å². The maximum Gasteiger partial charge on any atom is 0.187 e. The Hall–Kier alpha value is -1.09. The summed E-state index contributed by atoms with van der Waals surface area (Å²) in [6.07, 6.45) is -15.8. The Morgan fingerprint density at radius 2 is 1.17 bits per heavy atom. The van der Waals surface area contributed by atoms with Crippen molar-refractivity contribution in [1.29, 1.82) is 0 Å². The molecule has 5 aliphatic carbocycles. The predicted molar refractivity (Wildman–Crippen MR) is 236 cm³/mol. The van der Waals surface area contributed by atoms with Crippen LogP contribution in [0.25, 0.3) is 0 Å². The normalized spacial score (nSPS) is 55.8. The summed E-state index contributed by atoms with van der Waals surface area (Å²) in [5.74, 6) is -0.919. The molecule has 0 unspecified atom stereocenters. The summed E-state index contributed by atoms with van der Waals surface area (Å²) in [5.41, 5.74) is -0.569. The molecule has 2 spiro atoms. The topological polar surface area (TPSA) is 313 Å². The Morgan fingerprint density at radius 3 is 1.78 bits per heavy atom. The van der Waals surface area contributed by atoms with Gasteiger partial charge in [-0.3, -0.25) is 4.79 Å². The molecule has 4 aliphatic heterocycles. The number of hydrogen-bond acceptors (Lipinski definition) is 20. The van der Waals surface area contributed by atoms with E-state index in [1.54, 1.807) is 14.0 Å². The zero-order valence-electron chi connectivity index (χ0n) is 41.0. The molecular weight excluding hydrogens is 909 g/mol. The quantitative estimate of drug-likeness (QED) is 0.0915. The van der Waals surface area contributed by atoms with E-state index in [4.69, 9.17) is 37.9 Å². The van der Waals surface area contributed by atoms with E-state index in [1.165, 1.54) is 0 Å². The summed E-state index contributed by atoms with van der Waals surface area (Å²) in [5, 5.41) is 114. The highest BCUT2D eigenvalue weighted by Gasteiger charge is 2.85. The van der Waals surface area contributed by atoms with Gasteiger partial charge in [0, 0.05) is 31.8 Å². The number of rotatable bonds is 14. The minimum absolute atomic E-state index is 0.00931. The van der Waals surface area contributed by atoms with E-state index in [9.17, 15) is 61.0 Å².